The molecule has 126 valence electrons. The van der Waals surface area contributed by atoms with Gasteiger partial charge in [-0.05, 0) is 31.1 Å². The molecule has 6 heteroatoms. The third-order valence-electron chi connectivity index (χ3n) is 3.40. The molecular weight excluding hydrogens is 306 g/mol. The second kappa shape index (κ2) is 8.17. The highest BCUT2D eigenvalue weighted by molar-refractivity contribution is 5.87. The van der Waals surface area contributed by atoms with E-state index < -0.39 is 23.7 Å². The van der Waals surface area contributed by atoms with Crippen molar-refractivity contribution in [1.29, 1.82) is 0 Å². The summed E-state index contributed by atoms with van der Waals surface area (Å²) in [5.41, 5.74) is 0.495. The molecule has 0 bridgehead atoms. The molecule has 1 fully saturated rings. The number of halogens is 2. The van der Waals surface area contributed by atoms with E-state index in [1.165, 1.54) is 12.1 Å². The molecule has 23 heavy (non-hydrogen) atoms. The first-order valence-corrected chi connectivity index (χ1v) is 7.62. The van der Waals surface area contributed by atoms with Crippen LogP contribution < -0.4 is 0 Å². The molecule has 1 aliphatic rings. The van der Waals surface area contributed by atoms with Crippen LogP contribution >= 0.6 is 0 Å². The van der Waals surface area contributed by atoms with E-state index in [1.54, 1.807) is 6.92 Å². The maximum absolute atomic E-state index is 14.1. The van der Waals surface area contributed by atoms with Crippen molar-refractivity contribution in [3.8, 4) is 0 Å². The lowest BCUT2D eigenvalue weighted by Gasteiger charge is -2.19. The Kier molecular flexibility index (Phi) is 6.24. The summed E-state index contributed by atoms with van der Waals surface area (Å²) >= 11 is 0. The van der Waals surface area contributed by atoms with Crippen LogP contribution in [-0.2, 0) is 19.0 Å². The number of benzene rings is 1. The fourth-order valence-electron chi connectivity index (χ4n) is 2.20. The number of ether oxygens (including phenoxy) is 3. The van der Waals surface area contributed by atoms with Crippen LogP contribution in [0.1, 0.15) is 37.5 Å². The van der Waals surface area contributed by atoms with Crippen molar-refractivity contribution < 1.29 is 27.8 Å². The third-order valence-corrected chi connectivity index (χ3v) is 3.40. The molecule has 1 aliphatic heterocycles. The smallest absolute Gasteiger partial charge is 0.330 e. The quantitative estimate of drug-likeness (QED) is 0.417. The van der Waals surface area contributed by atoms with Crippen LogP contribution in [0.3, 0.4) is 0 Å². The molecule has 0 N–H and O–H groups in total. The topological polar surface area (TPSA) is 48.1 Å². The Morgan fingerprint density at radius 2 is 2.17 bits per heavy atom. The summed E-state index contributed by atoms with van der Waals surface area (Å²) in [4.78, 5) is 11.4. The summed E-state index contributed by atoms with van der Waals surface area (Å²) in [6.07, 6.45) is 2.53. The average Bonchev–Trinajstić information content (AvgIpc) is 3.31. The number of carbonyl (C=O) groups is 1. The van der Waals surface area contributed by atoms with Gasteiger partial charge in [0.2, 0.25) is 0 Å². The van der Waals surface area contributed by atoms with E-state index >= 15 is 0 Å². The third kappa shape index (κ3) is 5.11. The Balaban J connectivity index is 2.25. The summed E-state index contributed by atoms with van der Waals surface area (Å²) in [6.45, 7) is 4.78. The van der Waals surface area contributed by atoms with Crippen LogP contribution in [0.15, 0.2) is 18.2 Å². The molecule has 1 aromatic rings. The molecule has 2 rings (SSSR count). The van der Waals surface area contributed by atoms with E-state index in [0.717, 1.165) is 12.1 Å². The monoisotopic (exact) mass is 326 g/mol. The van der Waals surface area contributed by atoms with Gasteiger partial charge in [0.25, 0.3) is 0 Å². The highest BCUT2D eigenvalue weighted by Gasteiger charge is 2.25. The van der Waals surface area contributed by atoms with Crippen molar-refractivity contribution in [3.63, 3.8) is 0 Å². The van der Waals surface area contributed by atoms with Crippen LogP contribution in [0.25, 0.3) is 6.08 Å². The van der Waals surface area contributed by atoms with E-state index in [-0.39, 0.29) is 18.3 Å². The number of carbonyl (C=O) groups excluding carboxylic acids is 1. The summed E-state index contributed by atoms with van der Waals surface area (Å²) in [5, 5.41) is 0. The maximum atomic E-state index is 14.1. The fourth-order valence-corrected chi connectivity index (χ4v) is 2.20. The van der Waals surface area contributed by atoms with Crippen LogP contribution in [0.5, 0.6) is 0 Å². The van der Waals surface area contributed by atoms with E-state index in [1.807, 2.05) is 6.92 Å². The van der Waals surface area contributed by atoms with E-state index in [9.17, 15) is 13.6 Å². The molecule has 1 heterocycles. The minimum atomic E-state index is -0.745. The zero-order valence-corrected chi connectivity index (χ0v) is 13.2. The SMILES string of the molecule is CCOC(=O)/C=C/c1c(F)cc(F)cc1[C@@H](CC)OC[C@H]1CO1. The van der Waals surface area contributed by atoms with Gasteiger partial charge < -0.3 is 14.2 Å². The first-order valence-electron chi connectivity index (χ1n) is 7.62. The summed E-state index contributed by atoms with van der Waals surface area (Å²) in [7, 11) is 0. The summed E-state index contributed by atoms with van der Waals surface area (Å²) < 4.78 is 43.3. The maximum Gasteiger partial charge on any atom is 0.330 e. The lowest BCUT2D eigenvalue weighted by molar-refractivity contribution is -0.137. The van der Waals surface area contributed by atoms with Gasteiger partial charge in [0.1, 0.15) is 17.7 Å². The molecule has 2 atom stereocenters. The molecule has 0 aliphatic carbocycles. The number of rotatable bonds is 8. The van der Waals surface area contributed by atoms with E-state index in [4.69, 9.17) is 14.2 Å². The molecule has 0 amide bonds. The van der Waals surface area contributed by atoms with Gasteiger partial charge in [0.15, 0.2) is 0 Å². The van der Waals surface area contributed by atoms with Gasteiger partial charge in [-0.15, -0.1) is 0 Å². The van der Waals surface area contributed by atoms with Crippen LogP contribution in [0, 0.1) is 11.6 Å². The van der Waals surface area contributed by atoms with Crippen molar-refractivity contribution in [1.82, 2.24) is 0 Å². The fraction of sp³-hybridized carbons (Fsp3) is 0.471. The highest BCUT2D eigenvalue weighted by atomic mass is 19.1. The predicted octanol–water partition coefficient (Wildman–Crippen LogP) is 3.41. The second-order valence-corrected chi connectivity index (χ2v) is 5.16. The van der Waals surface area contributed by atoms with Gasteiger partial charge in [-0.2, -0.15) is 0 Å². The zero-order valence-electron chi connectivity index (χ0n) is 13.2. The van der Waals surface area contributed by atoms with Crippen LogP contribution in [0.4, 0.5) is 8.78 Å². The van der Waals surface area contributed by atoms with Gasteiger partial charge in [-0.3, -0.25) is 0 Å². The molecule has 0 radical (unpaired) electrons. The van der Waals surface area contributed by atoms with E-state index in [2.05, 4.69) is 0 Å². The van der Waals surface area contributed by atoms with Gasteiger partial charge >= 0.3 is 5.97 Å². The van der Waals surface area contributed by atoms with Gasteiger partial charge in [0, 0.05) is 17.7 Å². The molecule has 0 aromatic heterocycles. The van der Waals surface area contributed by atoms with Gasteiger partial charge in [-0.1, -0.05) is 6.92 Å². The summed E-state index contributed by atoms with van der Waals surface area (Å²) in [5.74, 6) is -2.01. The highest BCUT2D eigenvalue weighted by Crippen LogP contribution is 2.29. The van der Waals surface area contributed by atoms with Crippen molar-refractivity contribution in [3.05, 3.63) is 41.0 Å². The number of hydrogen-bond donors (Lipinski definition) is 0. The minimum absolute atomic E-state index is 0.0565. The van der Waals surface area contributed by atoms with Crippen molar-refractivity contribution in [2.75, 3.05) is 19.8 Å². The molecule has 0 spiro atoms. The molecular formula is C17H20F2O4. The Morgan fingerprint density at radius 1 is 1.43 bits per heavy atom. The van der Waals surface area contributed by atoms with Crippen molar-refractivity contribution >= 4 is 12.0 Å². The zero-order chi connectivity index (χ0) is 16.8. The molecule has 1 aromatic carbocycles. The summed E-state index contributed by atoms with van der Waals surface area (Å²) in [6, 6.07) is 2.01. The number of epoxide rings is 1. The van der Waals surface area contributed by atoms with Crippen LogP contribution in [0.2, 0.25) is 0 Å². The van der Waals surface area contributed by atoms with Crippen molar-refractivity contribution in [2.24, 2.45) is 0 Å². The Hall–Kier alpha value is -1.79. The lowest BCUT2D eigenvalue weighted by atomic mass is 9.99. The van der Waals surface area contributed by atoms with Gasteiger partial charge in [0.05, 0.1) is 25.9 Å². The Bertz CT molecular complexity index is 582. The van der Waals surface area contributed by atoms with Crippen LogP contribution in [-0.4, -0.2) is 31.9 Å². The van der Waals surface area contributed by atoms with E-state index in [0.29, 0.717) is 25.2 Å². The molecule has 4 nitrogen and oxygen atoms in total. The average molecular weight is 326 g/mol. The first-order chi connectivity index (χ1) is 11.0. The number of hydrogen-bond acceptors (Lipinski definition) is 4. The second-order valence-electron chi connectivity index (χ2n) is 5.16. The Morgan fingerprint density at radius 3 is 2.78 bits per heavy atom. The normalized spacial score (nSPS) is 18.2. The minimum Gasteiger partial charge on any atom is -0.463 e. The van der Waals surface area contributed by atoms with Crippen molar-refractivity contribution in [2.45, 2.75) is 32.5 Å². The Labute approximate surface area is 134 Å². The first kappa shape index (κ1) is 17.6. The predicted molar refractivity (Wildman–Crippen MR) is 80.7 cm³/mol. The van der Waals surface area contributed by atoms with Gasteiger partial charge in [-0.25, -0.2) is 13.6 Å². The largest absolute Gasteiger partial charge is 0.463 e. The number of esters is 1. The lowest BCUT2D eigenvalue weighted by Crippen LogP contribution is -2.11. The molecule has 0 saturated carbocycles. The standard InChI is InChI=1S/C17H20F2O4/c1-3-16(23-10-12-9-22-12)14-7-11(18)8-15(19)13(14)5-6-17(20)21-4-2/h5-8,12,16H,3-4,9-10H2,1-2H3/b6-5+/t12-,16-/m1/s1. The molecule has 1 saturated heterocycles. The molecule has 0 unspecified atom stereocenters.